The fourth-order valence-electron chi connectivity index (χ4n) is 4.27. The summed E-state index contributed by atoms with van der Waals surface area (Å²) in [7, 11) is 3.22. The molecule has 1 fully saturated rings. The van der Waals surface area contributed by atoms with E-state index in [1.54, 1.807) is 50.7 Å². The van der Waals surface area contributed by atoms with E-state index in [-0.39, 0.29) is 17.6 Å². The standard InChI is InChI=1S/C27H32N4O5/c1-34-21-12-9-19(10-13-21)15-17-29-27(32)31(26-23(30-33)8-5-16-28-26)20-11-14-24(35-2)25(18-20)36-22-6-3-4-7-22/h5,8-14,16,18,22,30,33H,3-4,6-7,15,17H2,1-2H3,(H,29,32). The second kappa shape index (κ2) is 12.1. The lowest BCUT2D eigenvalue weighted by Crippen LogP contribution is -2.38. The van der Waals surface area contributed by atoms with Crippen molar-refractivity contribution < 1.29 is 24.2 Å². The summed E-state index contributed by atoms with van der Waals surface area (Å²) >= 11 is 0. The smallest absolute Gasteiger partial charge is 0.327 e. The minimum atomic E-state index is -0.393. The van der Waals surface area contributed by atoms with Crippen LogP contribution in [-0.2, 0) is 6.42 Å². The number of carbonyl (C=O) groups excluding carboxylic acids is 1. The molecule has 1 heterocycles. The Balaban J connectivity index is 1.59. The molecule has 190 valence electrons. The average Bonchev–Trinajstić information content (AvgIpc) is 3.43. The molecule has 1 aliphatic rings. The highest BCUT2D eigenvalue weighted by Gasteiger charge is 2.25. The molecule has 0 bridgehead atoms. The minimum Gasteiger partial charge on any atom is -0.497 e. The summed E-state index contributed by atoms with van der Waals surface area (Å²) in [5.41, 5.74) is 4.02. The van der Waals surface area contributed by atoms with Crippen molar-refractivity contribution in [3.8, 4) is 17.2 Å². The van der Waals surface area contributed by atoms with E-state index in [4.69, 9.17) is 14.2 Å². The first kappa shape index (κ1) is 25.1. The molecule has 3 aromatic rings. The van der Waals surface area contributed by atoms with Crippen molar-refractivity contribution in [2.24, 2.45) is 0 Å². The Labute approximate surface area is 211 Å². The number of hydrogen-bond acceptors (Lipinski definition) is 7. The molecule has 0 atom stereocenters. The van der Waals surface area contributed by atoms with Crippen LogP contribution in [0, 0.1) is 0 Å². The van der Waals surface area contributed by atoms with Crippen molar-refractivity contribution in [3.63, 3.8) is 0 Å². The molecule has 0 saturated heterocycles. The van der Waals surface area contributed by atoms with Crippen LogP contribution in [0.5, 0.6) is 17.2 Å². The number of methoxy groups -OCH3 is 2. The van der Waals surface area contributed by atoms with Gasteiger partial charge in [0.2, 0.25) is 0 Å². The summed E-state index contributed by atoms with van der Waals surface area (Å²) in [5.74, 6) is 2.18. The molecule has 3 N–H and O–H groups in total. The van der Waals surface area contributed by atoms with E-state index in [1.807, 2.05) is 24.3 Å². The van der Waals surface area contributed by atoms with Gasteiger partial charge < -0.3 is 19.5 Å². The van der Waals surface area contributed by atoms with Gasteiger partial charge in [0.05, 0.1) is 26.0 Å². The van der Waals surface area contributed by atoms with Crippen LogP contribution >= 0.6 is 0 Å². The van der Waals surface area contributed by atoms with E-state index in [1.165, 1.54) is 4.90 Å². The zero-order chi connectivity index (χ0) is 25.3. The van der Waals surface area contributed by atoms with Crippen LogP contribution in [0.3, 0.4) is 0 Å². The van der Waals surface area contributed by atoms with Crippen molar-refractivity contribution in [3.05, 3.63) is 66.4 Å². The molecule has 9 nitrogen and oxygen atoms in total. The van der Waals surface area contributed by atoms with Crippen molar-refractivity contribution in [2.45, 2.75) is 38.2 Å². The number of benzene rings is 2. The first-order chi connectivity index (χ1) is 17.6. The zero-order valence-corrected chi connectivity index (χ0v) is 20.6. The molecule has 1 aliphatic carbocycles. The number of anilines is 3. The van der Waals surface area contributed by atoms with Gasteiger partial charge in [0.1, 0.15) is 11.4 Å². The quantitative estimate of drug-likeness (QED) is 0.329. The van der Waals surface area contributed by atoms with E-state index >= 15 is 0 Å². The molecule has 4 rings (SSSR count). The van der Waals surface area contributed by atoms with Gasteiger partial charge in [0, 0.05) is 18.8 Å². The Morgan fingerprint density at radius 2 is 1.83 bits per heavy atom. The number of rotatable bonds is 10. The van der Waals surface area contributed by atoms with Crippen molar-refractivity contribution in [1.29, 1.82) is 0 Å². The Morgan fingerprint density at radius 3 is 2.53 bits per heavy atom. The molecule has 1 saturated carbocycles. The summed E-state index contributed by atoms with van der Waals surface area (Å²) in [5, 5.41) is 12.7. The summed E-state index contributed by atoms with van der Waals surface area (Å²) < 4.78 is 17.0. The maximum Gasteiger partial charge on any atom is 0.327 e. The van der Waals surface area contributed by atoms with E-state index in [9.17, 15) is 10.0 Å². The first-order valence-corrected chi connectivity index (χ1v) is 12.0. The van der Waals surface area contributed by atoms with Gasteiger partial charge in [-0.3, -0.25) is 10.7 Å². The molecule has 36 heavy (non-hydrogen) atoms. The van der Waals surface area contributed by atoms with Gasteiger partial charge in [-0.2, -0.15) is 0 Å². The van der Waals surface area contributed by atoms with Crippen LogP contribution in [0.2, 0.25) is 0 Å². The number of ether oxygens (including phenoxy) is 3. The van der Waals surface area contributed by atoms with Crippen LogP contribution in [0.1, 0.15) is 31.2 Å². The molecule has 1 aromatic heterocycles. The molecule has 2 amide bonds. The SMILES string of the molecule is COc1ccc(CCNC(=O)N(c2ccc(OC)c(OC3CCCC3)c2)c2ncccc2NO)cc1. The van der Waals surface area contributed by atoms with Crippen LogP contribution < -0.4 is 29.9 Å². The fourth-order valence-corrected chi connectivity index (χ4v) is 4.27. The van der Waals surface area contributed by atoms with Crippen LogP contribution in [0.15, 0.2) is 60.8 Å². The van der Waals surface area contributed by atoms with E-state index in [0.717, 1.165) is 37.0 Å². The molecule has 9 heteroatoms. The Bertz CT molecular complexity index is 1150. The van der Waals surface area contributed by atoms with Gasteiger partial charge in [-0.15, -0.1) is 0 Å². The maximum absolute atomic E-state index is 13.5. The average molecular weight is 493 g/mol. The Morgan fingerprint density at radius 1 is 1.06 bits per heavy atom. The van der Waals surface area contributed by atoms with E-state index < -0.39 is 6.03 Å². The number of nitrogens with one attached hydrogen (secondary N) is 2. The van der Waals surface area contributed by atoms with Crippen molar-refractivity contribution in [1.82, 2.24) is 10.3 Å². The highest BCUT2D eigenvalue weighted by molar-refractivity contribution is 6.01. The predicted molar refractivity (Wildman–Crippen MR) is 138 cm³/mol. The Kier molecular flexibility index (Phi) is 8.46. The second-order valence-electron chi connectivity index (χ2n) is 8.51. The number of carbonyl (C=O) groups is 1. The summed E-state index contributed by atoms with van der Waals surface area (Å²) in [6, 6.07) is 15.9. The van der Waals surface area contributed by atoms with Crippen LogP contribution in [0.25, 0.3) is 0 Å². The lowest BCUT2D eigenvalue weighted by Gasteiger charge is -2.25. The van der Waals surface area contributed by atoms with Gasteiger partial charge in [-0.25, -0.2) is 14.7 Å². The van der Waals surface area contributed by atoms with Gasteiger partial charge in [-0.05, 0) is 74.1 Å². The fraction of sp³-hybridized carbons (Fsp3) is 0.333. The molecular weight excluding hydrogens is 460 g/mol. The number of urea groups is 1. The number of hydrogen-bond donors (Lipinski definition) is 3. The monoisotopic (exact) mass is 492 g/mol. The summed E-state index contributed by atoms with van der Waals surface area (Å²) in [6.45, 7) is 0.401. The topological polar surface area (TPSA) is 105 Å². The van der Waals surface area contributed by atoms with Crippen LogP contribution in [-0.4, -0.2) is 43.1 Å². The van der Waals surface area contributed by atoms with Crippen molar-refractivity contribution in [2.75, 3.05) is 31.1 Å². The molecule has 2 aromatic carbocycles. The number of aromatic nitrogens is 1. The number of amides is 2. The number of nitrogens with zero attached hydrogens (tertiary/aromatic N) is 2. The van der Waals surface area contributed by atoms with Gasteiger partial charge in [0.25, 0.3) is 0 Å². The highest BCUT2D eigenvalue weighted by Crippen LogP contribution is 2.38. The second-order valence-corrected chi connectivity index (χ2v) is 8.51. The lowest BCUT2D eigenvalue weighted by molar-refractivity contribution is 0.201. The van der Waals surface area contributed by atoms with Crippen molar-refractivity contribution >= 4 is 23.2 Å². The molecule has 0 spiro atoms. The first-order valence-electron chi connectivity index (χ1n) is 12.0. The van der Waals surface area contributed by atoms with Gasteiger partial charge >= 0.3 is 6.03 Å². The van der Waals surface area contributed by atoms with Crippen LogP contribution in [0.4, 0.5) is 22.0 Å². The highest BCUT2D eigenvalue weighted by atomic mass is 16.5. The molecule has 0 aliphatic heterocycles. The largest absolute Gasteiger partial charge is 0.497 e. The third-order valence-electron chi connectivity index (χ3n) is 6.17. The third-order valence-corrected chi connectivity index (χ3v) is 6.17. The summed E-state index contributed by atoms with van der Waals surface area (Å²) in [6.07, 6.45) is 6.56. The molecule has 0 radical (unpaired) electrons. The Hall–Kier alpha value is -3.98. The van der Waals surface area contributed by atoms with E-state index in [0.29, 0.717) is 30.2 Å². The predicted octanol–water partition coefficient (Wildman–Crippen LogP) is 5.31. The molecular formula is C27H32N4O5. The maximum atomic E-state index is 13.5. The molecule has 0 unspecified atom stereocenters. The van der Waals surface area contributed by atoms with E-state index in [2.05, 4.69) is 15.8 Å². The van der Waals surface area contributed by atoms with Gasteiger partial charge in [0.15, 0.2) is 17.3 Å². The zero-order valence-electron chi connectivity index (χ0n) is 20.6. The summed E-state index contributed by atoms with van der Waals surface area (Å²) in [4.78, 5) is 19.3. The lowest BCUT2D eigenvalue weighted by atomic mass is 10.1. The number of pyridine rings is 1. The normalized spacial score (nSPS) is 13.2. The van der Waals surface area contributed by atoms with Gasteiger partial charge in [-0.1, -0.05) is 12.1 Å². The minimum absolute atomic E-state index is 0.116. The third kappa shape index (κ3) is 5.98.